The first-order valence-electron chi connectivity index (χ1n) is 4.04. The fraction of sp³-hybridized carbons (Fsp3) is 0.222. The summed E-state index contributed by atoms with van der Waals surface area (Å²) < 4.78 is 0. The minimum absolute atomic E-state index is 0.0781. The van der Waals surface area contributed by atoms with Crippen molar-refractivity contribution in [1.29, 1.82) is 0 Å². The molecule has 74 valence electrons. The summed E-state index contributed by atoms with van der Waals surface area (Å²) in [6, 6.07) is 6.72. The molecule has 1 aromatic carbocycles. The number of hydrogen-bond donors (Lipinski definition) is 1. The van der Waals surface area contributed by atoms with Gasteiger partial charge in [0, 0.05) is 6.42 Å². The van der Waals surface area contributed by atoms with Gasteiger partial charge in [0.15, 0.2) is 5.78 Å². The van der Waals surface area contributed by atoms with Gasteiger partial charge in [0.05, 0.1) is 6.54 Å². The second-order valence-electron chi connectivity index (χ2n) is 2.75. The van der Waals surface area contributed by atoms with E-state index in [1.807, 2.05) is 0 Å². The van der Waals surface area contributed by atoms with Crippen LogP contribution >= 0.6 is 11.8 Å². The molecular weight excluding hydrogens is 204 g/mol. The van der Waals surface area contributed by atoms with Gasteiger partial charge >= 0.3 is 0 Å². The number of benzene rings is 1. The van der Waals surface area contributed by atoms with Crippen molar-refractivity contribution in [2.24, 2.45) is 5.18 Å². The zero-order valence-corrected chi connectivity index (χ0v) is 8.12. The number of rotatable bonds is 5. The molecule has 1 aromatic rings. The first-order valence-corrected chi connectivity index (χ1v) is 4.42. The van der Waals surface area contributed by atoms with Gasteiger partial charge in [-0.3, -0.25) is 4.79 Å². The first kappa shape index (κ1) is 10.8. The molecule has 0 bridgehead atoms. The van der Waals surface area contributed by atoms with Crippen LogP contribution in [-0.2, 0) is 11.2 Å². The SMILES string of the molecule is O=Nc1ccccc1CC(=O)CNCl. The number of carbonyl (C=O) groups is 1. The van der Waals surface area contributed by atoms with E-state index in [0.29, 0.717) is 11.3 Å². The predicted molar refractivity (Wildman–Crippen MR) is 54.5 cm³/mol. The molecule has 0 aliphatic heterocycles. The maximum Gasteiger partial charge on any atom is 0.152 e. The van der Waals surface area contributed by atoms with Crippen molar-refractivity contribution < 1.29 is 4.79 Å². The van der Waals surface area contributed by atoms with Crippen LogP contribution in [0.25, 0.3) is 0 Å². The molecule has 0 heterocycles. The minimum Gasteiger partial charge on any atom is -0.298 e. The third-order valence-electron chi connectivity index (χ3n) is 1.74. The second-order valence-corrected chi connectivity index (χ2v) is 3.01. The molecule has 0 amide bonds. The largest absolute Gasteiger partial charge is 0.298 e. The molecule has 0 spiro atoms. The molecule has 1 rings (SSSR count). The molecule has 5 heteroatoms. The summed E-state index contributed by atoms with van der Waals surface area (Å²) in [4.78, 5) is 23.8. The molecule has 0 aliphatic carbocycles. The zero-order chi connectivity index (χ0) is 10.4. The van der Waals surface area contributed by atoms with Crippen LogP contribution in [0, 0.1) is 4.91 Å². The Bertz CT molecular complexity index is 341. The molecular formula is C9H9ClN2O2. The Kier molecular flexibility index (Phi) is 4.22. The highest BCUT2D eigenvalue weighted by Gasteiger charge is 2.07. The molecule has 0 unspecified atom stereocenters. The average Bonchev–Trinajstić information content (AvgIpc) is 2.19. The predicted octanol–water partition coefficient (Wildman–Crippen LogP) is 1.94. The molecule has 0 aromatic heterocycles. The van der Waals surface area contributed by atoms with Crippen LogP contribution in [0.5, 0.6) is 0 Å². The Morgan fingerprint density at radius 1 is 1.43 bits per heavy atom. The van der Waals surface area contributed by atoms with E-state index in [-0.39, 0.29) is 18.7 Å². The third-order valence-corrected chi connectivity index (χ3v) is 1.88. The highest BCUT2D eigenvalue weighted by atomic mass is 35.5. The monoisotopic (exact) mass is 212 g/mol. The number of ketones is 1. The second kappa shape index (κ2) is 5.47. The number of nitrogens with one attached hydrogen (secondary N) is 1. The Balaban J connectivity index is 2.75. The van der Waals surface area contributed by atoms with Crippen LogP contribution in [-0.4, -0.2) is 12.3 Å². The van der Waals surface area contributed by atoms with Crippen LogP contribution in [0.2, 0.25) is 0 Å². The van der Waals surface area contributed by atoms with E-state index in [9.17, 15) is 9.70 Å². The molecule has 0 saturated carbocycles. The van der Waals surface area contributed by atoms with Gasteiger partial charge in [-0.25, -0.2) is 4.84 Å². The van der Waals surface area contributed by atoms with Gasteiger partial charge in [-0.1, -0.05) is 18.2 Å². The van der Waals surface area contributed by atoms with E-state index in [4.69, 9.17) is 11.8 Å². The van der Waals surface area contributed by atoms with Crippen LogP contribution in [0.15, 0.2) is 29.4 Å². The van der Waals surface area contributed by atoms with Crippen LogP contribution in [0.4, 0.5) is 5.69 Å². The molecule has 0 aliphatic rings. The van der Waals surface area contributed by atoms with Gasteiger partial charge < -0.3 is 0 Å². The number of hydrogen-bond acceptors (Lipinski definition) is 4. The van der Waals surface area contributed by atoms with Gasteiger partial charge in [-0.15, -0.1) is 4.91 Å². The average molecular weight is 213 g/mol. The number of nitrogens with zero attached hydrogens (tertiary/aromatic N) is 1. The summed E-state index contributed by atoms with van der Waals surface area (Å²) in [5.41, 5.74) is 0.926. The van der Waals surface area contributed by atoms with Gasteiger partial charge in [0.1, 0.15) is 5.69 Å². The van der Waals surface area contributed by atoms with Gasteiger partial charge in [-0.2, -0.15) is 0 Å². The van der Waals surface area contributed by atoms with E-state index >= 15 is 0 Å². The molecule has 4 nitrogen and oxygen atoms in total. The molecule has 1 N–H and O–H groups in total. The lowest BCUT2D eigenvalue weighted by Crippen LogP contribution is -2.16. The van der Waals surface area contributed by atoms with E-state index in [0.717, 1.165) is 0 Å². The van der Waals surface area contributed by atoms with E-state index in [1.165, 1.54) is 0 Å². The van der Waals surface area contributed by atoms with Crippen LogP contribution in [0.1, 0.15) is 5.56 Å². The molecule has 0 fully saturated rings. The molecule has 0 saturated heterocycles. The van der Waals surface area contributed by atoms with Crippen molar-refractivity contribution in [2.75, 3.05) is 6.54 Å². The Morgan fingerprint density at radius 3 is 2.79 bits per heavy atom. The van der Waals surface area contributed by atoms with Crippen molar-refractivity contribution >= 4 is 23.2 Å². The first-order chi connectivity index (χ1) is 6.77. The van der Waals surface area contributed by atoms with E-state index < -0.39 is 0 Å². The minimum atomic E-state index is -0.0869. The Morgan fingerprint density at radius 2 is 2.14 bits per heavy atom. The standard InChI is InChI=1S/C9H9ClN2O2/c10-11-6-8(13)5-7-3-1-2-4-9(7)12-14/h1-4,11H,5-6H2. The number of nitroso groups, excluding NO2 is 1. The van der Waals surface area contributed by atoms with Gasteiger partial charge in [0.25, 0.3) is 0 Å². The lowest BCUT2D eigenvalue weighted by Gasteiger charge is -2.01. The molecule has 0 atom stereocenters. The summed E-state index contributed by atoms with van der Waals surface area (Å²) in [6.07, 6.45) is 0.168. The van der Waals surface area contributed by atoms with Crippen molar-refractivity contribution in [3.05, 3.63) is 34.7 Å². The van der Waals surface area contributed by atoms with Crippen LogP contribution in [0.3, 0.4) is 0 Å². The number of Topliss-reactive ketones (excluding diaryl/α,β-unsaturated/α-hetero) is 1. The smallest absolute Gasteiger partial charge is 0.152 e. The zero-order valence-electron chi connectivity index (χ0n) is 7.37. The number of halogens is 1. The quantitative estimate of drug-likeness (QED) is 0.600. The van der Waals surface area contributed by atoms with E-state index in [1.54, 1.807) is 24.3 Å². The van der Waals surface area contributed by atoms with Crippen molar-refractivity contribution in [2.45, 2.75) is 6.42 Å². The summed E-state index contributed by atoms with van der Waals surface area (Å²) in [5.74, 6) is -0.0869. The topological polar surface area (TPSA) is 58.5 Å². The molecule has 0 radical (unpaired) electrons. The molecule has 14 heavy (non-hydrogen) atoms. The third kappa shape index (κ3) is 2.90. The van der Waals surface area contributed by atoms with Gasteiger partial charge in [-0.05, 0) is 28.6 Å². The maximum atomic E-state index is 11.2. The Hall–Kier alpha value is -1.26. The summed E-state index contributed by atoms with van der Waals surface area (Å²) in [7, 11) is 0. The van der Waals surface area contributed by atoms with Crippen molar-refractivity contribution in [1.82, 2.24) is 4.84 Å². The Labute approximate surface area is 86.3 Å². The number of carbonyl (C=O) groups excluding carboxylic acids is 1. The fourth-order valence-corrected chi connectivity index (χ4v) is 1.25. The van der Waals surface area contributed by atoms with Crippen LogP contribution < -0.4 is 4.84 Å². The lowest BCUT2D eigenvalue weighted by molar-refractivity contribution is -0.117. The summed E-state index contributed by atoms with van der Waals surface area (Å²) in [6.45, 7) is 0.0781. The summed E-state index contributed by atoms with van der Waals surface area (Å²) in [5, 5.41) is 2.83. The van der Waals surface area contributed by atoms with E-state index in [2.05, 4.69) is 10.0 Å². The van der Waals surface area contributed by atoms with Gasteiger partial charge in [0.2, 0.25) is 0 Å². The highest BCUT2D eigenvalue weighted by molar-refractivity contribution is 6.14. The normalized spacial score (nSPS) is 9.79. The van der Waals surface area contributed by atoms with Crippen molar-refractivity contribution in [3.63, 3.8) is 0 Å². The maximum absolute atomic E-state index is 11.2. The highest BCUT2D eigenvalue weighted by Crippen LogP contribution is 2.18. The summed E-state index contributed by atoms with van der Waals surface area (Å²) >= 11 is 5.18. The lowest BCUT2D eigenvalue weighted by atomic mass is 10.1. The van der Waals surface area contributed by atoms with Crippen molar-refractivity contribution in [3.8, 4) is 0 Å². The fourth-order valence-electron chi connectivity index (χ4n) is 1.10.